The molecule has 0 saturated carbocycles. The van der Waals surface area contributed by atoms with E-state index in [0.29, 0.717) is 0 Å². The van der Waals surface area contributed by atoms with E-state index in [4.69, 9.17) is 0 Å². The second-order valence-electron chi connectivity index (χ2n) is 5.72. The molecule has 0 spiro atoms. The summed E-state index contributed by atoms with van der Waals surface area (Å²) in [6.45, 7) is 6.42. The van der Waals surface area contributed by atoms with E-state index in [1.165, 1.54) is 11.6 Å². The van der Waals surface area contributed by atoms with Gasteiger partial charge in [-0.05, 0) is 22.6 Å². The minimum atomic E-state index is -0.660. The summed E-state index contributed by atoms with van der Waals surface area (Å²) in [5.74, 6) is -1.32. The summed E-state index contributed by atoms with van der Waals surface area (Å²) in [6, 6.07) is 7.93. The third kappa shape index (κ3) is 3.29. The van der Waals surface area contributed by atoms with Crippen molar-refractivity contribution in [3.05, 3.63) is 65.0 Å². The van der Waals surface area contributed by atoms with Gasteiger partial charge < -0.3 is 0 Å². The van der Waals surface area contributed by atoms with E-state index in [2.05, 4.69) is 25.8 Å². The van der Waals surface area contributed by atoms with Crippen LogP contribution in [0.1, 0.15) is 37.5 Å². The summed E-state index contributed by atoms with van der Waals surface area (Å²) in [6.07, 6.45) is 5.13. The lowest BCUT2D eigenvalue weighted by Crippen LogP contribution is -2.10. The third-order valence-corrected chi connectivity index (χ3v) is 3.11. The maximum absolute atomic E-state index is 13.4. The summed E-state index contributed by atoms with van der Waals surface area (Å²) in [5.41, 5.74) is 2.13. The molecule has 1 nitrogen and oxygen atoms in total. The Kier molecular flexibility index (Phi) is 3.98. The summed E-state index contributed by atoms with van der Waals surface area (Å²) in [7, 11) is 0. The topological polar surface area (TPSA) is 12.9 Å². The number of hydrogen-bond donors (Lipinski definition) is 0. The molecule has 0 aliphatic rings. The highest BCUT2D eigenvalue weighted by Crippen LogP contribution is 2.23. The second-order valence-corrected chi connectivity index (χ2v) is 5.72. The lowest BCUT2D eigenvalue weighted by molar-refractivity contribution is 0.568. The van der Waals surface area contributed by atoms with Gasteiger partial charge in [0.05, 0.1) is 12.4 Å². The van der Waals surface area contributed by atoms with Gasteiger partial charge in [0, 0.05) is 5.56 Å². The second kappa shape index (κ2) is 5.53. The van der Waals surface area contributed by atoms with Gasteiger partial charge in [-0.2, -0.15) is 0 Å². The largest absolute Gasteiger partial charge is 0.259 e. The van der Waals surface area contributed by atoms with Crippen molar-refractivity contribution in [1.82, 2.24) is 4.98 Å². The molecule has 0 aliphatic carbocycles. The first kappa shape index (κ1) is 14.4. The molecule has 0 saturated heterocycles. The normalized spacial score (nSPS) is 12.1. The van der Waals surface area contributed by atoms with Crippen molar-refractivity contribution >= 4 is 12.2 Å². The van der Waals surface area contributed by atoms with Crippen LogP contribution in [0.15, 0.2) is 36.7 Å². The van der Waals surface area contributed by atoms with Gasteiger partial charge in [0.15, 0.2) is 11.6 Å². The fraction of sp³-hybridized carbons (Fsp3) is 0.235. The van der Waals surface area contributed by atoms with Crippen molar-refractivity contribution in [2.24, 2.45) is 0 Å². The number of hydrogen-bond acceptors (Lipinski definition) is 1. The summed E-state index contributed by atoms with van der Waals surface area (Å²) in [4.78, 5) is 3.45. The fourth-order valence-electron chi connectivity index (χ4n) is 1.85. The Morgan fingerprint density at radius 1 is 0.900 bits per heavy atom. The number of rotatable bonds is 2. The Morgan fingerprint density at radius 2 is 1.45 bits per heavy atom. The van der Waals surface area contributed by atoms with Crippen LogP contribution in [-0.4, -0.2) is 4.98 Å². The summed E-state index contributed by atoms with van der Waals surface area (Å²) in [5, 5.41) is 0. The van der Waals surface area contributed by atoms with E-state index in [1.807, 2.05) is 24.3 Å². The average molecular weight is 273 g/mol. The van der Waals surface area contributed by atoms with Gasteiger partial charge in [-0.1, -0.05) is 51.1 Å². The monoisotopic (exact) mass is 273 g/mol. The molecule has 0 fully saturated rings. The van der Waals surface area contributed by atoms with Crippen LogP contribution in [0, 0.1) is 11.6 Å². The maximum atomic E-state index is 13.4. The molecule has 3 heteroatoms. The molecule has 0 radical (unpaired) electrons. The third-order valence-electron chi connectivity index (χ3n) is 3.11. The van der Waals surface area contributed by atoms with E-state index in [1.54, 1.807) is 6.08 Å². The standard InChI is InChI=1S/C17H17F2N/c1-17(2,3)13-7-4-12(5-8-13)6-9-14-15(18)10-20-11-16(14)19/h4-11H,1-3H3. The molecular formula is C17H17F2N. The Labute approximate surface area is 118 Å². The molecule has 2 aromatic rings. The van der Waals surface area contributed by atoms with Crippen LogP contribution in [0.4, 0.5) is 8.78 Å². The Bertz CT molecular complexity index is 602. The molecule has 1 aromatic carbocycles. The molecular weight excluding hydrogens is 256 g/mol. The van der Waals surface area contributed by atoms with Crippen LogP contribution < -0.4 is 0 Å². The molecule has 1 aromatic heterocycles. The molecule has 0 unspecified atom stereocenters. The van der Waals surface area contributed by atoms with Crippen LogP contribution in [0.25, 0.3) is 12.2 Å². The molecule has 20 heavy (non-hydrogen) atoms. The van der Waals surface area contributed by atoms with Gasteiger partial charge >= 0.3 is 0 Å². The highest BCUT2D eigenvalue weighted by molar-refractivity contribution is 5.70. The van der Waals surface area contributed by atoms with E-state index >= 15 is 0 Å². The minimum absolute atomic E-state index is 0.0695. The first-order chi connectivity index (χ1) is 9.38. The molecule has 0 bridgehead atoms. The zero-order chi connectivity index (χ0) is 14.8. The maximum Gasteiger partial charge on any atom is 0.151 e. The highest BCUT2D eigenvalue weighted by Gasteiger charge is 2.12. The van der Waals surface area contributed by atoms with Crippen molar-refractivity contribution in [2.75, 3.05) is 0 Å². The molecule has 0 amide bonds. The zero-order valence-corrected chi connectivity index (χ0v) is 11.8. The van der Waals surface area contributed by atoms with Crippen molar-refractivity contribution < 1.29 is 8.78 Å². The van der Waals surface area contributed by atoms with Gasteiger partial charge in [0.2, 0.25) is 0 Å². The number of pyridine rings is 1. The van der Waals surface area contributed by atoms with E-state index in [9.17, 15) is 8.78 Å². The van der Waals surface area contributed by atoms with Crippen LogP contribution in [-0.2, 0) is 5.41 Å². The van der Waals surface area contributed by atoms with Crippen LogP contribution in [0.3, 0.4) is 0 Å². The lowest BCUT2D eigenvalue weighted by Gasteiger charge is -2.18. The van der Waals surface area contributed by atoms with Gasteiger partial charge in [0.25, 0.3) is 0 Å². The van der Waals surface area contributed by atoms with Crippen LogP contribution in [0.2, 0.25) is 0 Å². The number of halogens is 2. The van der Waals surface area contributed by atoms with Gasteiger partial charge in [-0.25, -0.2) is 8.78 Å². The molecule has 0 N–H and O–H groups in total. The van der Waals surface area contributed by atoms with Crippen LogP contribution in [0.5, 0.6) is 0 Å². The van der Waals surface area contributed by atoms with Gasteiger partial charge in [-0.3, -0.25) is 4.98 Å². The lowest BCUT2D eigenvalue weighted by atomic mass is 9.87. The van der Waals surface area contributed by atoms with Crippen molar-refractivity contribution in [3.63, 3.8) is 0 Å². The predicted octanol–water partition coefficient (Wildman–Crippen LogP) is 4.83. The molecule has 0 atom stereocenters. The predicted molar refractivity (Wildman–Crippen MR) is 78.2 cm³/mol. The van der Waals surface area contributed by atoms with E-state index in [0.717, 1.165) is 18.0 Å². The first-order valence-corrected chi connectivity index (χ1v) is 6.45. The minimum Gasteiger partial charge on any atom is -0.259 e. The van der Waals surface area contributed by atoms with Crippen molar-refractivity contribution in [3.8, 4) is 0 Å². The molecule has 104 valence electrons. The molecule has 0 aliphatic heterocycles. The fourth-order valence-corrected chi connectivity index (χ4v) is 1.85. The van der Waals surface area contributed by atoms with Gasteiger partial charge in [-0.15, -0.1) is 0 Å². The SMILES string of the molecule is CC(C)(C)c1ccc(C=Cc2c(F)cncc2F)cc1. The number of benzene rings is 1. The molecule has 1 heterocycles. The Hall–Kier alpha value is -2.03. The van der Waals surface area contributed by atoms with E-state index in [-0.39, 0.29) is 11.0 Å². The number of nitrogens with zero attached hydrogens (tertiary/aromatic N) is 1. The Balaban J connectivity index is 2.24. The summed E-state index contributed by atoms with van der Waals surface area (Å²) < 4.78 is 26.8. The first-order valence-electron chi connectivity index (χ1n) is 6.45. The highest BCUT2D eigenvalue weighted by atomic mass is 19.1. The van der Waals surface area contributed by atoms with Crippen LogP contribution >= 0.6 is 0 Å². The smallest absolute Gasteiger partial charge is 0.151 e. The van der Waals surface area contributed by atoms with Crippen molar-refractivity contribution in [2.45, 2.75) is 26.2 Å². The average Bonchev–Trinajstić information content (AvgIpc) is 2.37. The number of aromatic nitrogens is 1. The zero-order valence-electron chi connectivity index (χ0n) is 11.8. The van der Waals surface area contributed by atoms with Gasteiger partial charge in [0.1, 0.15) is 0 Å². The molecule has 2 rings (SSSR count). The Morgan fingerprint density at radius 3 is 1.95 bits per heavy atom. The van der Waals surface area contributed by atoms with E-state index < -0.39 is 11.6 Å². The van der Waals surface area contributed by atoms with Crippen molar-refractivity contribution in [1.29, 1.82) is 0 Å². The summed E-state index contributed by atoms with van der Waals surface area (Å²) >= 11 is 0. The quantitative estimate of drug-likeness (QED) is 0.764.